The van der Waals surface area contributed by atoms with Crippen LogP contribution in [0.5, 0.6) is 0 Å². The lowest BCUT2D eigenvalue weighted by Crippen LogP contribution is -2.49. The minimum atomic E-state index is -0.434. The molecule has 0 radical (unpaired) electrons. The zero-order chi connectivity index (χ0) is 31.8. The van der Waals surface area contributed by atoms with Crippen LogP contribution in [0.1, 0.15) is 21.6 Å². The number of amides is 2. The number of piperazine rings is 1. The standard InChI is InChI=1S/C33H35FN8O3/c1-22(37-31-19-28(39-40-31)20-32(44)38-27-4-2-3-26(34)18-27)29-10-9-25(17-30(29)36-21-35)23-5-7-24(8-6-23)33(45)42-13-11-41(12-14-42)15-16-43/h2-10,17-19,21,43H,1,11-16,20H2,(H2,35,36)(H,38,44)(H2,37,39,40). The number of hydrogen-bond acceptors (Lipinski definition) is 7. The fourth-order valence-electron chi connectivity index (χ4n) is 5.14. The first kappa shape index (κ1) is 31.1. The van der Waals surface area contributed by atoms with Crippen molar-refractivity contribution in [3.63, 3.8) is 0 Å². The number of carbonyl (C=O) groups excluding carboxylic acids is 2. The molecule has 1 aliphatic heterocycles. The molecule has 1 aliphatic rings. The van der Waals surface area contributed by atoms with Crippen LogP contribution in [0.25, 0.3) is 16.8 Å². The van der Waals surface area contributed by atoms with Gasteiger partial charge < -0.3 is 26.4 Å². The summed E-state index contributed by atoms with van der Waals surface area (Å²) in [6.45, 7) is 7.64. The number of anilines is 2. The highest BCUT2D eigenvalue weighted by molar-refractivity contribution is 5.95. The van der Waals surface area contributed by atoms with E-state index in [9.17, 15) is 14.0 Å². The summed E-state index contributed by atoms with van der Waals surface area (Å²) in [5.74, 6) is -0.309. The lowest BCUT2D eigenvalue weighted by atomic mass is 10.00. The van der Waals surface area contributed by atoms with E-state index in [1.165, 1.54) is 24.5 Å². The number of H-pyrrole nitrogens is 1. The van der Waals surface area contributed by atoms with E-state index >= 15 is 0 Å². The monoisotopic (exact) mass is 610 g/mol. The van der Waals surface area contributed by atoms with Gasteiger partial charge in [-0.15, -0.1) is 0 Å². The van der Waals surface area contributed by atoms with Crippen LogP contribution in [0.4, 0.5) is 21.6 Å². The molecule has 12 heteroatoms. The summed E-state index contributed by atoms with van der Waals surface area (Å²) >= 11 is 0. The fourth-order valence-corrected chi connectivity index (χ4v) is 5.14. The molecule has 1 saturated heterocycles. The predicted molar refractivity (Wildman–Crippen MR) is 174 cm³/mol. The molecule has 0 bridgehead atoms. The second-order valence-corrected chi connectivity index (χ2v) is 10.6. The van der Waals surface area contributed by atoms with E-state index in [-0.39, 0.29) is 24.8 Å². The molecule has 0 saturated carbocycles. The first-order chi connectivity index (χ1) is 21.8. The van der Waals surface area contributed by atoms with E-state index < -0.39 is 5.82 Å². The van der Waals surface area contributed by atoms with Crippen molar-refractivity contribution in [2.45, 2.75) is 6.42 Å². The van der Waals surface area contributed by atoms with Crippen molar-refractivity contribution in [1.29, 1.82) is 0 Å². The maximum atomic E-state index is 13.4. The normalized spacial score (nSPS) is 13.6. The third-order valence-electron chi connectivity index (χ3n) is 7.45. The van der Waals surface area contributed by atoms with E-state index in [1.807, 2.05) is 47.4 Å². The Labute approximate surface area is 260 Å². The predicted octanol–water partition coefficient (Wildman–Crippen LogP) is 3.85. The van der Waals surface area contributed by atoms with Crippen LogP contribution in [-0.2, 0) is 11.2 Å². The molecule has 0 atom stereocenters. The lowest BCUT2D eigenvalue weighted by molar-refractivity contribution is -0.115. The Bertz CT molecular complexity index is 1690. The van der Waals surface area contributed by atoms with Crippen molar-refractivity contribution in [2.24, 2.45) is 10.7 Å². The van der Waals surface area contributed by atoms with Gasteiger partial charge in [0.15, 0.2) is 5.82 Å². The number of aliphatic hydroxyl groups is 1. The van der Waals surface area contributed by atoms with Gasteiger partial charge in [-0.1, -0.05) is 36.9 Å². The average molecular weight is 611 g/mol. The number of nitrogens with two attached hydrogens (primary N) is 1. The zero-order valence-electron chi connectivity index (χ0n) is 24.7. The van der Waals surface area contributed by atoms with Gasteiger partial charge >= 0.3 is 0 Å². The Kier molecular flexibility index (Phi) is 9.97. The van der Waals surface area contributed by atoms with Crippen molar-refractivity contribution < 1.29 is 19.1 Å². The molecule has 0 unspecified atom stereocenters. The van der Waals surface area contributed by atoms with Gasteiger partial charge in [0, 0.05) is 67.0 Å². The number of nitrogens with zero attached hydrogens (tertiary/aromatic N) is 4. The molecule has 3 aromatic carbocycles. The Morgan fingerprint density at radius 2 is 1.78 bits per heavy atom. The molecule has 2 amide bonds. The molecular weight excluding hydrogens is 575 g/mol. The van der Waals surface area contributed by atoms with Gasteiger partial charge in [0.05, 0.1) is 25.1 Å². The van der Waals surface area contributed by atoms with Crippen molar-refractivity contribution in [3.05, 3.63) is 102 Å². The minimum Gasteiger partial charge on any atom is -0.395 e. The molecule has 45 heavy (non-hydrogen) atoms. The number of aromatic amines is 1. The largest absolute Gasteiger partial charge is 0.395 e. The van der Waals surface area contributed by atoms with Gasteiger partial charge in [0.25, 0.3) is 5.91 Å². The number of nitrogens with one attached hydrogen (secondary N) is 3. The number of benzene rings is 3. The van der Waals surface area contributed by atoms with Crippen LogP contribution in [0.2, 0.25) is 0 Å². The molecule has 11 nitrogen and oxygen atoms in total. The number of halogens is 1. The lowest BCUT2D eigenvalue weighted by Gasteiger charge is -2.34. The molecule has 0 aliphatic carbocycles. The molecule has 4 aromatic rings. The van der Waals surface area contributed by atoms with Gasteiger partial charge in [-0.05, 0) is 47.5 Å². The van der Waals surface area contributed by atoms with Crippen molar-refractivity contribution in [3.8, 4) is 11.1 Å². The Balaban J connectivity index is 1.22. The summed E-state index contributed by atoms with van der Waals surface area (Å²) in [6.07, 6.45) is 1.22. The molecule has 2 heterocycles. The first-order valence-electron chi connectivity index (χ1n) is 14.5. The highest BCUT2D eigenvalue weighted by atomic mass is 19.1. The molecule has 0 spiro atoms. The molecule has 1 fully saturated rings. The zero-order valence-corrected chi connectivity index (χ0v) is 24.7. The smallest absolute Gasteiger partial charge is 0.253 e. The van der Waals surface area contributed by atoms with E-state index in [4.69, 9.17) is 10.8 Å². The first-order valence-corrected chi connectivity index (χ1v) is 14.5. The minimum absolute atomic E-state index is 0.00919. The summed E-state index contributed by atoms with van der Waals surface area (Å²) < 4.78 is 13.4. The number of β-amino-alcohol motifs (C(OH)–C–C–N with tert-alkyl or cyclic N) is 1. The van der Waals surface area contributed by atoms with Gasteiger partial charge in [0.1, 0.15) is 5.82 Å². The SMILES string of the molecule is C=C(Nc1cc(CC(=O)Nc2cccc(F)c2)[nH]n1)c1ccc(-c2ccc(C(=O)N3CCN(CCO)CC3)cc2)cc1N=CN. The highest BCUT2D eigenvalue weighted by Gasteiger charge is 2.22. The molecule has 6 N–H and O–H groups in total. The summed E-state index contributed by atoms with van der Waals surface area (Å²) in [5.41, 5.74) is 10.8. The van der Waals surface area contributed by atoms with Gasteiger partial charge in [0.2, 0.25) is 5.91 Å². The number of aliphatic imine (C=N–C) groups is 1. The Hall–Kier alpha value is -5.33. The molecule has 5 rings (SSSR count). The summed E-state index contributed by atoms with van der Waals surface area (Å²) in [5, 5.41) is 22.0. The Morgan fingerprint density at radius 1 is 1.02 bits per heavy atom. The van der Waals surface area contributed by atoms with Crippen LogP contribution in [0.15, 0.2) is 84.4 Å². The van der Waals surface area contributed by atoms with Gasteiger partial charge in [-0.25, -0.2) is 9.38 Å². The summed E-state index contributed by atoms with van der Waals surface area (Å²) in [7, 11) is 0. The third-order valence-corrected chi connectivity index (χ3v) is 7.45. The average Bonchev–Trinajstić information content (AvgIpc) is 3.47. The summed E-state index contributed by atoms with van der Waals surface area (Å²) in [4.78, 5) is 33.7. The van der Waals surface area contributed by atoms with Crippen LogP contribution in [-0.4, -0.2) is 82.6 Å². The van der Waals surface area contributed by atoms with Crippen molar-refractivity contribution in [2.75, 3.05) is 50.0 Å². The third kappa shape index (κ3) is 7.99. The number of rotatable bonds is 11. The number of hydrogen-bond donors (Lipinski definition) is 5. The van der Waals surface area contributed by atoms with Gasteiger partial charge in [-0.2, -0.15) is 5.10 Å². The van der Waals surface area contributed by atoms with Crippen LogP contribution >= 0.6 is 0 Å². The van der Waals surface area contributed by atoms with E-state index in [0.717, 1.165) is 24.2 Å². The van der Waals surface area contributed by atoms with Crippen molar-refractivity contribution >= 4 is 41.0 Å². The Morgan fingerprint density at radius 3 is 2.49 bits per heavy atom. The fraction of sp³-hybridized carbons (Fsp3) is 0.212. The number of aromatic nitrogens is 2. The summed E-state index contributed by atoms with van der Waals surface area (Å²) in [6, 6.07) is 20.5. The van der Waals surface area contributed by atoms with E-state index in [0.29, 0.717) is 59.3 Å². The maximum Gasteiger partial charge on any atom is 0.253 e. The van der Waals surface area contributed by atoms with E-state index in [1.54, 1.807) is 12.1 Å². The van der Waals surface area contributed by atoms with Crippen LogP contribution in [0, 0.1) is 5.82 Å². The number of carbonyl (C=O) groups is 2. The van der Waals surface area contributed by atoms with Crippen LogP contribution < -0.4 is 16.4 Å². The quantitative estimate of drug-likeness (QED) is 0.128. The number of aliphatic hydroxyl groups excluding tert-OH is 1. The van der Waals surface area contributed by atoms with Gasteiger partial charge in [-0.3, -0.25) is 19.6 Å². The molecule has 1 aromatic heterocycles. The molecule has 232 valence electrons. The van der Waals surface area contributed by atoms with E-state index in [2.05, 4.69) is 37.3 Å². The topological polar surface area (TPSA) is 152 Å². The maximum absolute atomic E-state index is 13.4. The second-order valence-electron chi connectivity index (χ2n) is 10.6. The highest BCUT2D eigenvalue weighted by Crippen LogP contribution is 2.32. The molecular formula is C33H35FN8O3. The van der Waals surface area contributed by atoms with Crippen LogP contribution in [0.3, 0.4) is 0 Å². The van der Waals surface area contributed by atoms with Crippen molar-refractivity contribution in [1.82, 2.24) is 20.0 Å². The second kappa shape index (κ2) is 14.4.